The molecule has 1 N–H and O–H groups in total. The molecule has 0 saturated heterocycles. The first-order chi connectivity index (χ1) is 10.9. The van der Waals surface area contributed by atoms with Gasteiger partial charge >= 0.3 is 0 Å². The number of hydrogen-bond donors (Lipinski definition) is 1. The maximum atomic E-state index is 12.2. The van der Waals surface area contributed by atoms with E-state index in [0.29, 0.717) is 10.8 Å². The van der Waals surface area contributed by atoms with E-state index in [1.54, 1.807) is 11.6 Å². The first kappa shape index (κ1) is 16.9. The topological polar surface area (TPSA) is 116 Å². The van der Waals surface area contributed by atoms with Crippen LogP contribution in [0.15, 0.2) is 29.4 Å². The van der Waals surface area contributed by atoms with E-state index in [0.717, 1.165) is 0 Å². The Hall–Kier alpha value is -2.49. The highest BCUT2D eigenvalue weighted by Gasteiger charge is 2.19. The molecular weight excluding hydrogens is 320 g/mol. The number of carbonyl (C=O) groups excluding carboxylic acids is 1. The lowest BCUT2D eigenvalue weighted by atomic mass is 10.3. The van der Waals surface area contributed by atoms with Crippen molar-refractivity contribution in [3.63, 3.8) is 0 Å². The number of hydrogen-bond acceptors (Lipinski definition) is 7. The number of carbonyl (C=O) groups is 1. The van der Waals surface area contributed by atoms with Gasteiger partial charge in [0.2, 0.25) is 11.1 Å². The predicted molar refractivity (Wildman–Crippen MR) is 85.2 cm³/mol. The molecular formula is C13H16N6O3S. The van der Waals surface area contributed by atoms with Gasteiger partial charge in [0, 0.05) is 17.8 Å². The quantitative estimate of drug-likeness (QED) is 0.488. The zero-order valence-corrected chi connectivity index (χ0v) is 13.6. The van der Waals surface area contributed by atoms with Gasteiger partial charge in [0.1, 0.15) is 0 Å². The number of anilines is 1. The third-order valence-electron chi connectivity index (χ3n) is 2.95. The number of benzene rings is 1. The van der Waals surface area contributed by atoms with E-state index < -0.39 is 10.2 Å². The van der Waals surface area contributed by atoms with Crippen molar-refractivity contribution in [1.29, 1.82) is 0 Å². The number of nitro benzene ring substituents is 1. The van der Waals surface area contributed by atoms with Crippen LogP contribution in [0.3, 0.4) is 0 Å². The van der Waals surface area contributed by atoms with E-state index >= 15 is 0 Å². The van der Waals surface area contributed by atoms with E-state index in [-0.39, 0.29) is 17.6 Å². The lowest BCUT2D eigenvalue weighted by molar-refractivity contribution is -0.384. The maximum absolute atomic E-state index is 12.2. The van der Waals surface area contributed by atoms with Gasteiger partial charge in [0.25, 0.3) is 5.69 Å². The third-order valence-corrected chi connectivity index (χ3v) is 4.00. The maximum Gasteiger partial charge on any atom is 0.269 e. The minimum Gasteiger partial charge on any atom is -0.325 e. The molecule has 2 rings (SSSR count). The Bertz CT molecular complexity index is 700. The zero-order chi connectivity index (χ0) is 17.0. The van der Waals surface area contributed by atoms with Crippen molar-refractivity contribution in [3.05, 3.63) is 34.4 Å². The van der Waals surface area contributed by atoms with Crippen LogP contribution in [-0.2, 0) is 4.79 Å². The molecule has 0 saturated carbocycles. The van der Waals surface area contributed by atoms with Crippen molar-refractivity contribution in [2.24, 2.45) is 0 Å². The lowest BCUT2D eigenvalue weighted by Crippen LogP contribution is -2.23. The van der Waals surface area contributed by atoms with Crippen molar-refractivity contribution < 1.29 is 9.72 Å². The monoisotopic (exact) mass is 336 g/mol. The Morgan fingerprint density at radius 2 is 1.96 bits per heavy atom. The summed E-state index contributed by atoms with van der Waals surface area (Å²) in [7, 11) is 0. The normalized spacial score (nSPS) is 12.2. The zero-order valence-electron chi connectivity index (χ0n) is 12.8. The summed E-state index contributed by atoms with van der Waals surface area (Å²) in [4.78, 5) is 22.3. The molecule has 1 amide bonds. The SMILES string of the molecule is CC(Sc1nnnn1C(C)C)C(=O)Nc1ccc([N+](=O)[O-])cc1. The molecule has 0 aliphatic rings. The number of rotatable bonds is 6. The summed E-state index contributed by atoms with van der Waals surface area (Å²) in [6.45, 7) is 5.63. The number of nitrogens with zero attached hydrogens (tertiary/aromatic N) is 5. The number of amides is 1. The van der Waals surface area contributed by atoms with Gasteiger partial charge in [0.05, 0.1) is 16.2 Å². The Balaban J connectivity index is 1.99. The van der Waals surface area contributed by atoms with E-state index in [1.807, 2.05) is 13.8 Å². The van der Waals surface area contributed by atoms with Gasteiger partial charge in [-0.25, -0.2) is 4.68 Å². The summed E-state index contributed by atoms with van der Waals surface area (Å²) < 4.78 is 1.64. The molecule has 2 aromatic rings. The predicted octanol–water partition coefficient (Wildman–Crippen LogP) is 2.28. The third kappa shape index (κ3) is 4.25. The van der Waals surface area contributed by atoms with Crippen LogP contribution in [0, 0.1) is 10.1 Å². The molecule has 1 unspecified atom stereocenters. The molecule has 9 nitrogen and oxygen atoms in total. The second kappa shape index (κ2) is 7.18. The summed E-state index contributed by atoms with van der Waals surface area (Å²) in [6, 6.07) is 5.76. The van der Waals surface area contributed by atoms with Crippen molar-refractivity contribution in [3.8, 4) is 0 Å². The molecule has 0 bridgehead atoms. The van der Waals surface area contributed by atoms with Crippen LogP contribution < -0.4 is 5.32 Å². The largest absolute Gasteiger partial charge is 0.325 e. The van der Waals surface area contributed by atoms with Gasteiger partial charge in [-0.2, -0.15) is 0 Å². The summed E-state index contributed by atoms with van der Waals surface area (Å²) >= 11 is 1.25. The molecule has 1 aromatic heterocycles. The Morgan fingerprint density at radius 3 is 2.52 bits per heavy atom. The molecule has 0 aliphatic carbocycles. The van der Waals surface area contributed by atoms with Crippen LogP contribution in [0.4, 0.5) is 11.4 Å². The molecule has 1 atom stereocenters. The van der Waals surface area contributed by atoms with Crippen LogP contribution in [-0.4, -0.2) is 36.3 Å². The van der Waals surface area contributed by atoms with Gasteiger partial charge in [-0.1, -0.05) is 11.8 Å². The number of thioether (sulfide) groups is 1. The average molecular weight is 336 g/mol. The van der Waals surface area contributed by atoms with E-state index in [9.17, 15) is 14.9 Å². The molecule has 0 fully saturated rings. The number of nitrogens with one attached hydrogen (secondary N) is 1. The molecule has 0 spiro atoms. The molecule has 10 heteroatoms. The second-order valence-corrected chi connectivity index (χ2v) is 6.36. The molecule has 1 aromatic carbocycles. The highest BCUT2D eigenvalue weighted by molar-refractivity contribution is 8.00. The molecule has 0 aliphatic heterocycles. The number of non-ortho nitro benzene ring substituents is 1. The van der Waals surface area contributed by atoms with Gasteiger partial charge in [-0.3, -0.25) is 14.9 Å². The van der Waals surface area contributed by atoms with E-state index in [2.05, 4.69) is 20.8 Å². The van der Waals surface area contributed by atoms with Crippen molar-refractivity contribution in [1.82, 2.24) is 20.2 Å². The number of nitro groups is 1. The highest BCUT2D eigenvalue weighted by atomic mass is 32.2. The summed E-state index contributed by atoms with van der Waals surface area (Å²) in [6.07, 6.45) is 0. The Labute approximate surface area is 136 Å². The van der Waals surface area contributed by atoms with Gasteiger partial charge < -0.3 is 5.32 Å². The second-order valence-electron chi connectivity index (χ2n) is 5.05. The molecule has 122 valence electrons. The minimum atomic E-state index is -0.490. The lowest BCUT2D eigenvalue weighted by Gasteiger charge is -2.12. The van der Waals surface area contributed by atoms with Crippen LogP contribution in [0.1, 0.15) is 26.8 Å². The van der Waals surface area contributed by atoms with Crippen LogP contribution in [0.5, 0.6) is 0 Å². The van der Waals surface area contributed by atoms with Crippen molar-refractivity contribution >= 4 is 29.0 Å². The van der Waals surface area contributed by atoms with Crippen molar-refractivity contribution in [2.45, 2.75) is 37.2 Å². The Kier molecular flexibility index (Phi) is 5.27. The number of tetrazole rings is 1. The highest BCUT2D eigenvalue weighted by Crippen LogP contribution is 2.24. The first-order valence-corrected chi connectivity index (χ1v) is 7.76. The van der Waals surface area contributed by atoms with Crippen LogP contribution >= 0.6 is 11.8 Å². The minimum absolute atomic E-state index is 0.0264. The summed E-state index contributed by atoms with van der Waals surface area (Å²) in [5, 5.41) is 24.8. The summed E-state index contributed by atoms with van der Waals surface area (Å²) in [5.74, 6) is -0.234. The smallest absolute Gasteiger partial charge is 0.269 e. The van der Waals surface area contributed by atoms with E-state index in [1.165, 1.54) is 36.0 Å². The van der Waals surface area contributed by atoms with E-state index in [4.69, 9.17) is 0 Å². The summed E-state index contributed by atoms with van der Waals surface area (Å²) in [5.41, 5.74) is 0.470. The number of aromatic nitrogens is 4. The van der Waals surface area contributed by atoms with Gasteiger partial charge in [-0.05, 0) is 43.3 Å². The molecule has 0 radical (unpaired) electrons. The van der Waals surface area contributed by atoms with Crippen molar-refractivity contribution in [2.75, 3.05) is 5.32 Å². The fourth-order valence-electron chi connectivity index (χ4n) is 1.71. The first-order valence-electron chi connectivity index (χ1n) is 6.88. The van der Waals surface area contributed by atoms with Crippen LogP contribution in [0.25, 0.3) is 0 Å². The van der Waals surface area contributed by atoms with Gasteiger partial charge in [-0.15, -0.1) is 5.10 Å². The average Bonchev–Trinajstić information content (AvgIpc) is 2.96. The van der Waals surface area contributed by atoms with Crippen LogP contribution in [0.2, 0.25) is 0 Å². The Morgan fingerprint density at radius 1 is 1.30 bits per heavy atom. The fraction of sp³-hybridized carbons (Fsp3) is 0.385. The molecule has 23 heavy (non-hydrogen) atoms. The van der Waals surface area contributed by atoms with Gasteiger partial charge in [0.15, 0.2) is 0 Å². The molecule has 1 heterocycles. The standard InChI is InChI=1S/C13H16N6O3S/c1-8(2)18-13(15-16-17-18)23-9(3)12(20)14-10-4-6-11(7-5-10)19(21)22/h4-9H,1-3H3,(H,14,20). The fourth-order valence-corrected chi connectivity index (χ4v) is 2.63.